The molecule has 2 heterocycles. The molecule has 3 rings (SSSR count). The highest BCUT2D eigenvalue weighted by atomic mass is 16.2. The first kappa shape index (κ1) is 16.5. The van der Waals surface area contributed by atoms with Gasteiger partial charge in [-0.15, -0.1) is 0 Å². The van der Waals surface area contributed by atoms with Gasteiger partial charge in [0.15, 0.2) is 0 Å². The largest absolute Gasteiger partial charge is 0.341 e. The Bertz CT molecular complexity index is 641. The molecule has 24 heavy (non-hydrogen) atoms. The van der Waals surface area contributed by atoms with Crippen LogP contribution < -0.4 is 4.90 Å². The number of amides is 3. The van der Waals surface area contributed by atoms with E-state index in [9.17, 15) is 14.4 Å². The maximum absolute atomic E-state index is 12.7. The van der Waals surface area contributed by atoms with Crippen LogP contribution in [0.1, 0.15) is 36.5 Å². The summed E-state index contributed by atoms with van der Waals surface area (Å²) < 4.78 is 0. The lowest BCUT2D eigenvalue weighted by Crippen LogP contribution is -2.36. The number of rotatable bonds is 2. The number of hydrogen-bond acceptors (Lipinski definition) is 3. The van der Waals surface area contributed by atoms with Crippen LogP contribution in [0.25, 0.3) is 0 Å². The van der Waals surface area contributed by atoms with E-state index in [-0.39, 0.29) is 17.7 Å². The minimum absolute atomic E-state index is 0.0142. The van der Waals surface area contributed by atoms with Crippen molar-refractivity contribution in [3.63, 3.8) is 0 Å². The van der Waals surface area contributed by atoms with Crippen molar-refractivity contribution >= 4 is 23.4 Å². The predicted molar refractivity (Wildman–Crippen MR) is 90.8 cm³/mol. The Kier molecular flexibility index (Phi) is 4.83. The topological polar surface area (TPSA) is 60.9 Å². The normalized spacial score (nSPS) is 18.7. The van der Waals surface area contributed by atoms with Gasteiger partial charge in [-0.05, 0) is 37.1 Å². The highest BCUT2D eigenvalue weighted by Gasteiger charge is 2.23. The Morgan fingerprint density at radius 2 is 1.54 bits per heavy atom. The predicted octanol–water partition coefficient (Wildman–Crippen LogP) is 1.51. The van der Waals surface area contributed by atoms with E-state index >= 15 is 0 Å². The average Bonchev–Trinajstić information content (AvgIpc) is 2.85. The Morgan fingerprint density at radius 1 is 0.875 bits per heavy atom. The van der Waals surface area contributed by atoms with Crippen LogP contribution in [0.3, 0.4) is 0 Å². The minimum atomic E-state index is -0.0142. The third kappa shape index (κ3) is 3.42. The fraction of sp³-hybridized carbons (Fsp3) is 0.500. The van der Waals surface area contributed by atoms with Crippen LogP contribution in [-0.2, 0) is 9.59 Å². The Morgan fingerprint density at radius 3 is 2.17 bits per heavy atom. The summed E-state index contributed by atoms with van der Waals surface area (Å²) in [6, 6.07) is 7.26. The van der Waals surface area contributed by atoms with E-state index in [1.54, 1.807) is 33.8 Å². The summed E-state index contributed by atoms with van der Waals surface area (Å²) in [4.78, 5) is 41.3. The molecule has 3 amide bonds. The first-order valence-corrected chi connectivity index (χ1v) is 8.51. The molecule has 0 aliphatic carbocycles. The van der Waals surface area contributed by atoms with Gasteiger partial charge in [-0.3, -0.25) is 14.4 Å². The molecule has 2 aliphatic rings. The van der Waals surface area contributed by atoms with Gasteiger partial charge in [-0.2, -0.15) is 0 Å². The molecule has 2 fully saturated rings. The second-order valence-corrected chi connectivity index (χ2v) is 6.35. The molecule has 6 nitrogen and oxygen atoms in total. The Balaban J connectivity index is 1.66. The van der Waals surface area contributed by atoms with Gasteiger partial charge in [0.05, 0.1) is 0 Å². The van der Waals surface area contributed by atoms with E-state index in [2.05, 4.69) is 0 Å². The Labute approximate surface area is 142 Å². The number of nitrogens with zero attached hydrogens (tertiary/aromatic N) is 3. The molecule has 0 N–H and O–H groups in total. The SMILES string of the molecule is CC(=O)N1CCCN(C(=O)c2ccc(N3CCCC3=O)cc2)CC1. The van der Waals surface area contributed by atoms with Crippen molar-refractivity contribution in [1.29, 1.82) is 0 Å². The second kappa shape index (κ2) is 7.03. The van der Waals surface area contributed by atoms with Crippen molar-refractivity contribution in [2.75, 3.05) is 37.6 Å². The molecule has 0 radical (unpaired) electrons. The van der Waals surface area contributed by atoms with Gasteiger partial charge in [-0.25, -0.2) is 0 Å². The zero-order chi connectivity index (χ0) is 17.1. The molecule has 0 bridgehead atoms. The number of benzene rings is 1. The van der Waals surface area contributed by atoms with Gasteiger partial charge < -0.3 is 14.7 Å². The fourth-order valence-electron chi connectivity index (χ4n) is 3.32. The van der Waals surface area contributed by atoms with Crippen molar-refractivity contribution in [1.82, 2.24) is 9.80 Å². The molecule has 0 spiro atoms. The van der Waals surface area contributed by atoms with Crippen molar-refractivity contribution < 1.29 is 14.4 Å². The fourth-order valence-corrected chi connectivity index (χ4v) is 3.32. The van der Waals surface area contributed by atoms with Crippen LogP contribution in [0.5, 0.6) is 0 Å². The summed E-state index contributed by atoms with van der Waals surface area (Å²) in [7, 11) is 0. The van der Waals surface area contributed by atoms with Gasteiger partial charge >= 0.3 is 0 Å². The third-order valence-electron chi connectivity index (χ3n) is 4.73. The maximum Gasteiger partial charge on any atom is 0.253 e. The molecule has 1 aromatic rings. The summed E-state index contributed by atoms with van der Waals surface area (Å²) in [6.07, 6.45) is 2.28. The average molecular weight is 329 g/mol. The summed E-state index contributed by atoms with van der Waals surface area (Å²) in [5.41, 5.74) is 1.48. The van der Waals surface area contributed by atoms with E-state index in [4.69, 9.17) is 0 Å². The van der Waals surface area contributed by atoms with Gasteiger partial charge in [0.25, 0.3) is 5.91 Å². The molecule has 2 aliphatic heterocycles. The lowest BCUT2D eigenvalue weighted by molar-refractivity contribution is -0.128. The number of carbonyl (C=O) groups excluding carboxylic acids is 3. The lowest BCUT2D eigenvalue weighted by Gasteiger charge is -2.22. The van der Waals surface area contributed by atoms with E-state index < -0.39 is 0 Å². The highest BCUT2D eigenvalue weighted by Crippen LogP contribution is 2.22. The monoisotopic (exact) mass is 329 g/mol. The first-order chi connectivity index (χ1) is 11.6. The van der Waals surface area contributed by atoms with E-state index in [1.165, 1.54) is 0 Å². The van der Waals surface area contributed by atoms with Crippen LogP contribution in [0, 0.1) is 0 Å². The van der Waals surface area contributed by atoms with Gasteiger partial charge in [-0.1, -0.05) is 0 Å². The van der Waals surface area contributed by atoms with Crippen LogP contribution in [0.4, 0.5) is 5.69 Å². The lowest BCUT2D eigenvalue weighted by atomic mass is 10.1. The standard InChI is InChI=1S/C18H23N3O3/c1-14(22)19-9-3-10-20(13-12-19)18(24)15-5-7-16(8-6-15)21-11-2-4-17(21)23/h5-8H,2-4,9-13H2,1H3. The van der Waals surface area contributed by atoms with Crippen molar-refractivity contribution in [3.05, 3.63) is 29.8 Å². The first-order valence-electron chi connectivity index (χ1n) is 8.51. The summed E-state index contributed by atoms with van der Waals surface area (Å²) >= 11 is 0. The smallest absolute Gasteiger partial charge is 0.253 e. The van der Waals surface area contributed by atoms with Crippen LogP contribution in [0.2, 0.25) is 0 Å². The highest BCUT2D eigenvalue weighted by molar-refractivity contribution is 5.97. The quantitative estimate of drug-likeness (QED) is 0.826. The van der Waals surface area contributed by atoms with Crippen LogP contribution in [-0.4, -0.2) is 60.2 Å². The van der Waals surface area contributed by atoms with E-state index in [1.807, 2.05) is 12.1 Å². The van der Waals surface area contributed by atoms with Crippen molar-refractivity contribution in [2.24, 2.45) is 0 Å². The Hall–Kier alpha value is -2.37. The minimum Gasteiger partial charge on any atom is -0.341 e. The van der Waals surface area contributed by atoms with Gasteiger partial charge in [0.2, 0.25) is 11.8 Å². The molecule has 128 valence electrons. The van der Waals surface area contributed by atoms with Gasteiger partial charge in [0, 0.05) is 57.3 Å². The summed E-state index contributed by atoms with van der Waals surface area (Å²) in [5, 5.41) is 0. The molecular weight excluding hydrogens is 306 g/mol. The van der Waals surface area contributed by atoms with Gasteiger partial charge in [0.1, 0.15) is 0 Å². The number of carbonyl (C=O) groups is 3. The molecule has 0 atom stereocenters. The third-order valence-corrected chi connectivity index (χ3v) is 4.73. The van der Waals surface area contributed by atoms with Crippen molar-refractivity contribution in [2.45, 2.75) is 26.2 Å². The molecule has 1 aromatic carbocycles. The summed E-state index contributed by atoms with van der Waals surface area (Å²) in [5.74, 6) is 0.189. The van der Waals surface area contributed by atoms with Crippen LogP contribution >= 0.6 is 0 Å². The maximum atomic E-state index is 12.7. The molecule has 0 saturated carbocycles. The number of hydrogen-bond donors (Lipinski definition) is 0. The van der Waals surface area contributed by atoms with E-state index in [0.717, 1.165) is 25.1 Å². The van der Waals surface area contributed by atoms with Crippen LogP contribution in [0.15, 0.2) is 24.3 Å². The molecule has 0 aromatic heterocycles. The summed E-state index contributed by atoms with van der Waals surface area (Å²) in [6.45, 7) is 4.82. The zero-order valence-corrected chi connectivity index (χ0v) is 14.0. The second-order valence-electron chi connectivity index (χ2n) is 6.35. The molecule has 6 heteroatoms. The van der Waals surface area contributed by atoms with E-state index in [0.29, 0.717) is 38.2 Å². The molecule has 2 saturated heterocycles. The van der Waals surface area contributed by atoms with Crippen molar-refractivity contribution in [3.8, 4) is 0 Å². The molecular formula is C18H23N3O3. The number of anilines is 1. The zero-order valence-electron chi connectivity index (χ0n) is 14.0. The molecule has 0 unspecified atom stereocenters.